The summed E-state index contributed by atoms with van der Waals surface area (Å²) in [6.07, 6.45) is 0. The van der Waals surface area contributed by atoms with Crippen molar-refractivity contribution in [3.63, 3.8) is 0 Å². The number of phenolic OH excluding ortho intramolecular Hbond substituents is 3. The molecule has 3 rings (SSSR count). The summed E-state index contributed by atoms with van der Waals surface area (Å²) in [6.45, 7) is 8.10. The maximum absolute atomic E-state index is 9.86. The van der Waals surface area contributed by atoms with E-state index in [2.05, 4.69) is 6.92 Å². The van der Waals surface area contributed by atoms with E-state index >= 15 is 0 Å². The van der Waals surface area contributed by atoms with Crippen LogP contribution >= 0.6 is 0 Å². The van der Waals surface area contributed by atoms with Crippen LogP contribution in [0.4, 0.5) is 0 Å². The summed E-state index contributed by atoms with van der Waals surface area (Å²) >= 11 is 0. The summed E-state index contributed by atoms with van der Waals surface area (Å²) in [7, 11) is 0. The van der Waals surface area contributed by atoms with E-state index in [0.29, 0.717) is 0 Å². The van der Waals surface area contributed by atoms with E-state index in [1.807, 2.05) is 39.0 Å². The molecule has 0 aliphatic heterocycles. The summed E-state index contributed by atoms with van der Waals surface area (Å²) in [6, 6.07) is 16.2. The quantitative estimate of drug-likeness (QED) is 0.578. The third kappa shape index (κ3) is 2.90. The molecule has 0 amide bonds. The van der Waals surface area contributed by atoms with Crippen molar-refractivity contribution in [2.24, 2.45) is 0 Å². The number of aryl methyl sites for hydroxylation is 3. The molecule has 0 radical (unpaired) electrons. The van der Waals surface area contributed by atoms with Crippen LogP contribution in [-0.4, -0.2) is 15.3 Å². The zero-order chi connectivity index (χ0) is 19.1. The summed E-state index contributed by atoms with van der Waals surface area (Å²) < 4.78 is 0. The molecule has 26 heavy (non-hydrogen) atoms. The van der Waals surface area contributed by atoms with Gasteiger partial charge in [-0.05, 0) is 97.5 Å². The molecule has 0 aliphatic carbocycles. The van der Waals surface area contributed by atoms with Crippen molar-refractivity contribution in [3.8, 4) is 17.2 Å². The van der Waals surface area contributed by atoms with E-state index in [1.165, 1.54) is 0 Å². The molecule has 134 valence electrons. The van der Waals surface area contributed by atoms with E-state index in [1.54, 1.807) is 36.4 Å². The van der Waals surface area contributed by atoms with Gasteiger partial charge in [-0.25, -0.2) is 0 Å². The van der Waals surface area contributed by atoms with Crippen LogP contribution in [0.1, 0.15) is 40.3 Å². The van der Waals surface area contributed by atoms with Gasteiger partial charge in [-0.15, -0.1) is 0 Å². The fourth-order valence-electron chi connectivity index (χ4n) is 4.06. The molecule has 0 bridgehead atoms. The molecule has 0 saturated heterocycles. The molecule has 0 heterocycles. The fraction of sp³-hybridized carbons (Fsp3) is 0.217. The Morgan fingerprint density at radius 1 is 0.538 bits per heavy atom. The van der Waals surface area contributed by atoms with Crippen molar-refractivity contribution < 1.29 is 15.3 Å². The number of phenols is 3. The molecule has 3 heteroatoms. The Labute approximate surface area is 154 Å². The highest BCUT2D eigenvalue weighted by Gasteiger charge is 2.35. The number of hydrogen-bond donors (Lipinski definition) is 3. The molecule has 0 fully saturated rings. The number of rotatable bonds is 3. The maximum atomic E-state index is 9.86. The van der Waals surface area contributed by atoms with E-state index in [0.717, 1.165) is 33.4 Å². The second kappa shape index (κ2) is 6.41. The van der Waals surface area contributed by atoms with Gasteiger partial charge < -0.3 is 15.3 Å². The first-order valence-corrected chi connectivity index (χ1v) is 8.63. The van der Waals surface area contributed by atoms with Gasteiger partial charge in [-0.1, -0.05) is 18.2 Å². The predicted molar refractivity (Wildman–Crippen MR) is 104 cm³/mol. The average Bonchev–Trinajstić information content (AvgIpc) is 2.54. The van der Waals surface area contributed by atoms with Gasteiger partial charge in [0.25, 0.3) is 0 Å². The Morgan fingerprint density at radius 3 is 1.04 bits per heavy atom. The highest BCUT2D eigenvalue weighted by Crippen LogP contribution is 2.44. The van der Waals surface area contributed by atoms with E-state index < -0.39 is 5.41 Å². The molecular formula is C23H24O3. The Balaban J connectivity index is 2.38. The zero-order valence-electron chi connectivity index (χ0n) is 15.5. The van der Waals surface area contributed by atoms with Crippen LogP contribution in [0.5, 0.6) is 17.2 Å². The molecule has 3 aromatic carbocycles. The lowest BCUT2D eigenvalue weighted by Gasteiger charge is -2.36. The second-order valence-electron chi connectivity index (χ2n) is 7.12. The normalized spacial score (nSPS) is 11.5. The first-order valence-electron chi connectivity index (χ1n) is 8.63. The lowest BCUT2D eigenvalue weighted by molar-refractivity contribution is 0.473. The van der Waals surface area contributed by atoms with Crippen LogP contribution in [0.25, 0.3) is 0 Å². The Bertz CT molecular complexity index is 848. The van der Waals surface area contributed by atoms with Crippen LogP contribution in [0.15, 0.2) is 54.6 Å². The third-order valence-corrected chi connectivity index (χ3v) is 5.25. The van der Waals surface area contributed by atoms with E-state index in [9.17, 15) is 15.3 Å². The van der Waals surface area contributed by atoms with Crippen molar-refractivity contribution in [2.75, 3.05) is 0 Å². The molecule has 3 nitrogen and oxygen atoms in total. The molecule has 0 aliphatic rings. The van der Waals surface area contributed by atoms with E-state index in [-0.39, 0.29) is 17.2 Å². The summed E-state index contributed by atoms with van der Waals surface area (Å²) in [5, 5.41) is 29.6. The van der Waals surface area contributed by atoms with Crippen LogP contribution in [0.2, 0.25) is 0 Å². The van der Waals surface area contributed by atoms with Crippen molar-refractivity contribution in [2.45, 2.75) is 33.1 Å². The summed E-state index contributed by atoms with van der Waals surface area (Å²) in [5.41, 5.74) is 5.63. The SMILES string of the molecule is Cc1cc(O)ccc1C(C)(c1ccc(O)cc1C)c1ccc(O)cc1C. The first kappa shape index (κ1) is 17.9. The minimum atomic E-state index is -0.507. The average molecular weight is 348 g/mol. The minimum absolute atomic E-state index is 0.235. The molecule has 0 atom stereocenters. The summed E-state index contributed by atoms with van der Waals surface area (Å²) in [5.74, 6) is 0.704. The van der Waals surface area contributed by atoms with Crippen LogP contribution in [0.3, 0.4) is 0 Å². The van der Waals surface area contributed by atoms with Gasteiger partial charge in [0.15, 0.2) is 0 Å². The third-order valence-electron chi connectivity index (χ3n) is 5.25. The molecular weight excluding hydrogens is 324 g/mol. The standard InChI is InChI=1S/C23H24O3/c1-14-11-17(24)5-8-20(14)23(4,21-9-6-18(25)12-15(21)2)22-10-7-19(26)13-16(22)3/h5-13,24-26H,1-4H3. The number of hydrogen-bond acceptors (Lipinski definition) is 3. The van der Waals surface area contributed by atoms with Crippen molar-refractivity contribution in [3.05, 3.63) is 88.0 Å². The topological polar surface area (TPSA) is 60.7 Å². The van der Waals surface area contributed by atoms with Gasteiger partial charge >= 0.3 is 0 Å². The lowest BCUT2D eigenvalue weighted by Crippen LogP contribution is -2.28. The van der Waals surface area contributed by atoms with Crippen LogP contribution in [-0.2, 0) is 5.41 Å². The Hall–Kier alpha value is -2.94. The lowest BCUT2D eigenvalue weighted by atomic mass is 9.67. The molecule has 0 spiro atoms. The largest absolute Gasteiger partial charge is 0.508 e. The first-order chi connectivity index (χ1) is 12.2. The number of benzene rings is 3. The smallest absolute Gasteiger partial charge is 0.115 e. The number of aromatic hydroxyl groups is 3. The van der Waals surface area contributed by atoms with Gasteiger partial charge in [0.05, 0.1) is 0 Å². The molecule has 0 unspecified atom stereocenters. The molecule has 0 aromatic heterocycles. The van der Waals surface area contributed by atoms with Crippen molar-refractivity contribution in [1.29, 1.82) is 0 Å². The van der Waals surface area contributed by atoms with Gasteiger partial charge in [-0.3, -0.25) is 0 Å². The second-order valence-corrected chi connectivity index (χ2v) is 7.12. The fourth-order valence-corrected chi connectivity index (χ4v) is 4.06. The van der Waals surface area contributed by atoms with Crippen LogP contribution in [0, 0.1) is 20.8 Å². The van der Waals surface area contributed by atoms with Gasteiger partial charge in [-0.2, -0.15) is 0 Å². The highest BCUT2D eigenvalue weighted by molar-refractivity contribution is 5.58. The van der Waals surface area contributed by atoms with Crippen LogP contribution < -0.4 is 0 Å². The Kier molecular flexibility index (Phi) is 4.41. The van der Waals surface area contributed by atoms with E-state index in [4.69, 9.17) is 0 Å². The molecule has 3 aromatic rings. The maximum Gasteiger partial charge on any atom is 0.115 e. The Morgan fingerprint density at radius 2 is 0.808 bits per heavy atom. The van der Waals surface area contributed by atoms with Gasteiger partial charge in [0.1, 0.15) is 17.2 Å². The van der Waals surface area contributed by atoms with Crippen molar-refractivity contribution >= 4 is 0 Å². The predicted octanol–water partition coefficient (Wildman–Crippen LogP) is 5.08. The molecule has 3 N–H and O–H groups in total. The zero-order valence-corrected chi connectivity index (χ0v) is 15.5. The summed E-state index contributed by atoms with van der Waals surface area (Å²) in [4.78, 5) is 0. The van der Waals surface area contributed by atoms with Gasteiger partial charge in [0.2, 0.25) is 0 Å². The molecule has 0 saturated carbocycles. The van der Waals surface area contributed by atoms with Gasteiger partial charge in [0, 0.05) is 5.41 Å². The minimum Gasteiger partial charge on any atom is -0.508 e. The van der Waals surface area contributed by atoms with Crippen molar-refractivity contribution in [1.82, 2.24) is 0 Å². The highest BCUT2D eigenvalue weighted by atomic mass is 16.3. The monoisotopic (exact) mass is 348 g/mol.